The van der Waals surface area contributed by atoms with Crippen LogP contribution in [0.15, 0.2) is 48.5 Å². The third-order valence-electron chi connectivity index (χ3n) is 5.12. The lowest BCUT2D eigenvalue weighted by Gasteiger charge is -2.40. The fourth-order valence-electron chi connectivity index (χ4n) is 3.77. The number of amides is 1. The number of benzene rings is 2. The van der Waals surface area contributed by atoms with Crippen molar-refractivity contribution in [3.8, 4) is 0 Å². The quantitative estimate of drug-likeness (QED) is 0.824. The second-order valence-electron chi connectivity index (χ2n) is 6.98. The maximum Gasteiger partial charge on any atom is 0.253 e. The molecule has 2 aliphatic heterocycles. The molecule has 2 saturated heterocycles. The maximum atomic E-state index is 13.6. The first-order valence-electron chi connectivity index (χ1n) is 8.70. The monoisotopic (exact) mass is 374 g/mol. The number of halogens is 2. The number of anilines is 1. The molecule has 1 atom stereocenters. The van der Waals surface area contributed by atoms with Gasteiger partial charge < -0.3 is 9.64 Å². The summed E-state index contributed by atoms with van der Waals surface area (Å²) in [7, 11) is 0. The van der Waals surface area contributed by atoms with Crippen LogP contribution in [0.2, 0.25) is 5.02 Å². The zero-order valence-corrected chi connectivity index (χ0v) is 15.1. The number of ether oxygens (including phenoxy) is 1. The summed E-state index contributed by atoms with van der Waals surface area (Å²) in [6.07, 6.45) is 0.830. The Morgan fingerprint density at radius 3 is 2.81 bits per heavy atom. The zero-order valence-electron chi connectivity index (χ0n) is 14.3. The van der Waals surface area contributed by atoms with Crippen LogP contribution in [-0.4, -0.2) is 42.6 Å². The van der Waals surface area contributed by atoms with Crippen LogP contribution in [0.1, 0.15) is 12.0 Å². The molecule has 0 aliphatic carbocycles. The Labute approximate surface area is 157 Å². The van der Waals surface area contributed by atoms with Gasteiger partial charge in [-0.15, -0.1) is 0 Å². The molecule has 2 heterocycles. The van der Waals surface area contributed by atoms with Gasteiger partial charge in [0.1, 0.15) is 18.0 Å². The number of nitrogens with zero attached hydrogens (tertiary/aromatic N) is 2. The Hall–Kier alpha value is -1.95. The van der Waals surface area contributed by atoms with Crippen LogP contribution >= 0.6 is 11.6 Å². The highest BCUT2D eigenvalue weighted by Gasteiger charge is 2.45. The summed E-state index contributed by atoms with van der Waals surface area (Å²) >= 11 is 6.27. The minimum atomic E-state index is -0.415. The molecule has 0 radical (unpaired) electrons. The van der Waals surface area contributed by atoms with Gasteiger partial charge in [-0.25, -0.2) is 4.39 Å². The molecule has 2 aliphatic rings. The van der Waals surface area contributed by atoms with Gasteiger partial charge in [0.05, 0.1) is 6.54 Å². The number of hydrogen-bond acceptors (Lipinski definition) is 3. The van der Waals surface area contributed by atoms with Crippen LogP contribution in [0, 0.1) is 5.82 Å². The molecule has 136 valence electrons. The summed E-state index contributed by atoms with van der Waals surface area (Å²) in [4.78, 5) is 16.2. The highest BCUT2D eigenvalue weighted by atomic mass is 35.5. The van der Waals surface area contributed by atoms with Gasteiger partial charge in [0.15, 0.2) is 0 Å². The van der Waals surface area contributed by atoms with Gasteiger partial charge in [-0.3, -0.25) is 9.69 Å². The van der Waals surface area contributed by atoms with E-state index in [9.17, 15) is 9.18 Å². The van der Waals surface area contributed by atoms with E-state index in [1.807, 2.05) is 24.3 Å². The van der Waals surface area contributed by atoms with E-state index in [1.165, 1.54) is 12.1 Å². The standard InChI is InChI=1S/C20H20ClFN2O2/c21-18-7-2-1-4-15(18)11-23-9-8-20(13-23)14-24(19(25)12-26-20)17-6-3-5-16(22)10-17/h1-7,10H,8-9,11-14H2. The first-order chi connectivity index (χ1) is 12.5. The number of carbonyl (C=O) groups is 1. The molecule has 4 nitrogen and oxygen atoms in total. The van der Waals surface area contributed by atoms with E-state index in [-0.39, 0.29) is 18.3 Å². The van der Waals surface area contributed by atoms with Crippen molar-refractivity contribution in [2.24, 2.45) is 0 Å². The molecule has 0 N–H and O–H groups in total. The normalized spacial score (nSPS) is 23.8. The zero-order chi connectivity index (χ0) is 18.1. The number of carbonyl (C=O) groups excluding carboxylic acids is 1. The Balaban J connectivity index is 1.49. The van der Waals surface area contributed by atoms with Crippen molar-refractivity contribution in [1.29, 1.82) is 0 Å². The Bertz CT molecular complexity index is 831. The summed E-state index contributed by atoms with van der Waals surface area (Å²) in [5.74, 6) is -0.478. The lowest BCUT2D eigenvalue weighted by atomic mass is 10.00. The molecular formula is C20H20ClFN2O2. The van der Waals surface area contributed by atoms with Crippen molar-refractivity contribution in [3.05, 3.63) is 64.9 Å². The summed E-state index contributed by atoms with van der Waals surface area (Å²) in [6, 6.07) is 14.0. The smallest absolute Gasteiger partial charge is 0.253 e. The van der Waals surface area contributed by atoms with Crippen LogP contribution in [-0.2, 0) is 16.1 Å². The van der Waals surface area contributed by atoms with Gasteiger partial charge >= 0.3 is 0 Å². The Kier molecular flexibility index (Phi) is 4.69. The van der Waals surface area contributed by atoms with E-state index in [4.69, 9.17) is 16.3 Å². The molecule has 26 heavy (non-hydrogen) atoms. The number of rotatable bonds is 3. The molecule has 0 aromatic heterocycles. The average Bonchev–Trinajstić information content (AvgIpc) is 3.02. The molecule has 2 aromatic carbocycles. The average molecular weight is 375 g/mol. The summed E-state index contributed by atoms with van der Waals surface area (Å²) in [5.41, 5.74) is 1.25. The lowest BCUT2D eigenvalue weighted by Crippen LogP contribution is -2.56. The third-order valence-corrected chi connectivity index (χ3v) is 5.48. The second kappa shape index (κ2) is 6.99. The lowest BCUT2D eigenvalue weighted by molar-refractivity contribution is -0.137. The van der Waals surface area contributed by atoms with E-state index in [0.29, 0.717) is 12.2 Å². The topological polar surface area (TPSA) is 32.8 Å². The highest BCUT2D eigenvalue weighted by Crippen LogP contribution is 2.33. The Morgan fingerprint density at radius 1 is 1.15 bits per heavy atom. The van der Waals surface area contributed by atoms with Crippen LogP contribution < -0.4 is 4.90 Å². The van der Waals surface area contributed by atoms with Crippen molar-refractivity contribution >= 4 is 23.2 Å². The van der Waals surface area contributed by atoms with E-state index < -0.39 is 5.60 Å². The van der Waals surface area contributed by atoms with Gasteiger partial charge in [0, 0.05) is 30.3 Å². The first-order valence-corrected chi connectivity index (χ1v) is 9.08. The van der Waals surface area contributed by atoms with E-state index in [2.05, 4.69) is 4.90 Å². The van der Waals surface area contributed by atoms with Crippen LogP contribution in [0.4, 0.5) is 10.1 Å². The van der Waals surface area contributed by atoms with Crippen LogP contribution in [0.3, 0.4) is 0 Å². The molecule has 2 fully saturated rings. The van der Waals surface area contributed by atoms with Crippen molar-refractivity contribution in [2.45, 2.75) is 18.6 Å². The predicted molar refractivity (Wildman–Crippen MR) is 98.8 cm³/mol. The first kappa shape index (κ1) is 17.5. The van der Waals surface area contributed by atoms with Crippen LogP contribution in [0.5, 0.6) is 0 Å². The van der Waals surface area contributed by atoms with Crippen LogP contribution in [0.25, 0.3) is 0 Å². The van der Waals surface area contributed by atoms with Gasteiger partial charge in [-0.05, 0) is 36.2 Å². The number of likely N-dealkylation sites (tertiary alicyclic amines) is 1. The highest BCUT2D eigenvalue weighted by molar-refractivity contribution is 6.31. The molecular weight excluding hydrogens is 355 g/mol. The third kappa shape index (κ3) is 3.47. The van der Waals surface area contributed by atoms with E-state index in [1.54, 1.807) is 17.0 Å². The molecule has 0 bridgehead atoms. The Morgan fingerprint density at radius 2 is 2.00 bits per heavy atom. The number of hydrogen-bond donors (Lipinski definition) is 0. The van der Waals surface area contributed by atoms with Gasteiger partial charge in [-0.2, -0.15) is 0 Å². The van der Waals surface area contributed by atoms with Crippen molar-refractivity contribution in [1.82, 2.24) is 4.90 Å². The van der Waals surface area contributed by atoms with Crippen molar-refractivity contribution < 1.29 is 13.9 Å². The maximum absolute atomic E-state index is 13.6. The molecule has 0 saturated carbocycles. The van der Waals surface area contributed by atoms with Gasteiger partial charge in [0.2, 0.25) is 0 Å². The van der Waals surface area contributed by atoms with Crippen molar-refractivity contribution in [3.63, 3.8) is 0 Å². The van der Waals surface area contributed by atoms with E-state index >= 15 is 0 Å². The minimum Gasteiger partial charge on any atom is -0.362 e. The van der Waals surface area contributed by atoms with E-state index in [0.717, 1.165) is 36.6 Å². The molecule has 4 rings (SSSR count). The SMILES string of the molecule is O=C1COC2(CCN(Cc3ccccc3Cl)C2)CN1c1cccc(F)c1. The fraction of sp³-hybridized carbons (Fsp3) is 0.350. The molecule has 1 unspecified atom stereocenters. The molecule has 2 aromatic rings. The molecule has 1 spiro atoms. The fourth-order valence-corrected chi connectivity index (χ4v) is 3.97. The van der Waals surface area contributed by atoms with Gasteiger partial charge in [-0.1, -0.05) is 35.9 Å². The largest absolute Gasteiger partial charge is 0.362 e. The summed E-state index contributed by atoms with van der Waals surface area (Å²) < 4.78 is 19.5. The minimum absolute atomic E-state index is 0.0243. The molecule has 6 heteroatoms. The van der Waals surface area contributed by atoms with Gasteiger partial charge in [0.25, 0.3) is 5.91 Å². The molecule has 1 amide bonds. The second-order valence-corrected chi connectivity index (χ2v) is 7.39. The summed E-state index contributed by atoms with van der Waals surface area (Å²) in [5, 5.41) is 0.759. The number of morpholine rings is 1. The van der Waals surface area contributed by atoms with Crippen molar-refractivity contribution in [2.75, 3.05) is 31.1 Å². The summed E-state index contributed by atoms with van der Waals surface area (Å²) in [6.45, 7) is 2.80. The predicted octanol–water partition coefficient (Wildman–Crippen LogP) is 3.49.